The Balaban J connectivity index is 1.54. The van der Waals surface area contributed by atoms with Crippen molar-refractivity contribution in [2.45, 2.75) is 26.4 Å². The molecule has 198 valence electrons. The minimum absolute atomic E-state index is 0.0291. The molecule has 2 aromatic carbocycles. The predicted octanol–water partition coefficient (Wildman–Crippen LogP) is 4.61. The molecule has 9 nitrogen and oxygen atoms in total. The van der Waals surface area contributed by atoms with Gasteiger partial charge in [-0.15, -0.1) is 11.3 Å². The highest BCUT2D eigenvalue weighted by Gasteiger charge is 2.25. The summed E-state index contributed by atoms with van der Waals surface area (Å²) in [7, 11) is 1.49. The van der Waals surface area contributed by atoms with Crippen molar-refractivity contribution in [3.8, 4) is 27.6 Å². The van der Waals surface area contributed by atoms with E-state index in [4.69, 9.17) is 25.8 Å². The Hall–Kier alpha value is -3.89. The van der Waals surface area contributed by atoms with E-state index in [1.165, 1.54) is 30.1 Å². The first-order valence-corrected chi connectivity index (χ1v) is 12.8. The number of nitrogens with one attached hydrogen (secondary N) is 1. The maximum Gasteiger partial charge on any atom is 0.326 e. The van der Waals surface area contributed by atoms with Crippen molar-refractivity contribution in [3.63, 3.8) is 0 Å². The van der Waals surface area contributed by atoms with Crippen molar-refractivity contribution < 1.29 is 23.8 Å². The van der Waals surface area contributed by atoms with Crippen LogP contribution in [0.5, 0.6) is 11.5 Å². The Morgan fingerprint density at radius 1 is 1.11 bits per heavy atom. The van der Waals surface area contributed by atoms with Crippen LogP contribution in [0.1, 0.15) is 20.8 Å². The Bertz CT molecular complexity index is 1540. The summed E-state index contributed by atoms with van der Waals surface area (Å²) in [6.07, 6.45) is 1.65. The first kappa shape index (κ1) is 27.2. The summed E-state index contributed by atoms with van der Waals surface area (Å²) < 4.78 is 18.6. The number of amides is 1. The number of halogens is 1. The quantitative estimate of drug-likeness (QED) is 0.300. The first-order valence-electron chi connectivity index (χ1n) is 11.6. The standard InChI is InChI=1S/C27H26ClN3O6S/c1-16(32)29-14-24(33)37-27(2,3)15-36-21-10-9-20(12-22(21)35-4)31-26(34)25-18(13-30-31)11-23(38-25)17-5-7-19(28)8-6-17/h5-13H,14-15H2,1-4H3,(H,29,32). The molecule has 4 rings (SSSR count). The number of ether oxygens (including phenoxy) is 3. The molecule has 0 atom stereocenters. The van der Waals surface area contributed by atoms with E-state index in [1.807, 2.05) is 30.3 Å². The number of fused-ring (bicyclic) bond motifs is 1. The van der Waals surface area contributed by atoms with E-state index in [2.05, 4.69) is 10.4 Å². The Kier molecular flexibility index (Phi) is 8.03. The van der Waals surface area contributed by atoms with Gasteiger partial charge >= 0.3 is 5.97 Å². The molecule has 38 heavy (non-hydrogen) atoms. The van der Waals surface area contributed by atoms with Crippen LogP contribution < -0.4 is 20.3 Å². The maximum absolute atomic E-state index is 13.3. The second-order valence-electron chi connectivity index (χ2n) is 9.03. The summed E-state index contributed by atoms with van der Waals surface area (Å²) >= 11 is 7.39. The molecule has 0 radical (unpaired) electrons. The topological polar surface area (TPSA) is 109 Å². The van der Waals surface area contributed by atoms with Crippen molar-refractivity contribution in [2.75, 3.05) is 20.3 Å². The zero-order valence-electron chi connectivity index (χ0n) is 21.2. The number of thiophene rings is 1. The fourth-order valence-corrected chi connectivity index (χ4v) is 4.80. The average molecular weight is 556 g/mol. The van der Waals surface area contributed by atoms with Gasteiger partial charge in [-0.2, -0.15) is 9.78 Å². The Labute approximate surface area is 227 Å². The molecule has 11 heteroatoms. The third-order valence-corrected chi connectivity index (χ3v) is 6.87. The van der Waals surface area contributed by atoms with Crippen molar-refractivity contribution in [2.24, 2.45) is 0 Å². The number of rotatable bonds is 9. The van der Waals surface area contributed by atoms with Crippen LogP contribution in [-0.2, 0) is 14.3 Å². The van der Waals surface area contributed by atoms with Gasteiger partial charge in [0.25, 0.3) is 5.56 Å². The van der Waals surface area contributed by atoms with Gasteiger partial charge in [-0.3, -0.25) is 14.4 Å². The number of hydrogen-bond acceptors (Lipinski definition) is 8. The van der Waals surface area contributed by atoms with Crippen LogP contribution in [0.25, 0.3) is 26.2 Å². The Morgan fingerprint density at radius 3 is 2.53 bits per heavy atom. The molecule has 4 aromatic rings. The van der Waals surface area contributed by atoms with E-state index >= 15 is 0 Å². The van der Waals surface area contributed by atoms with Gasteiger partial charge in [-0.1, -0.05) is 23.7 Å². The van der Waals surface area contributed by atoms with Gasteiger partial charge < -0.3 is 19.5 Å². The molecular weight excluding hydrogens is 530 g/mol. The lowest BCUT2D eigenvalue weighted by atomic mass is 10.1. The van der Waals surface area contributed by atoms with E-state index in [9.17, 15) is 14.4 Å². The number of methoxy groups -OCH3 is 1. The van der Waals surface area contributed by atoms with Gasteiger partial charge in [-0.05, 0) is 49.7 Å². The highest BCUT2D eigenvalue weighted by Crippen LogP contribution is 2.33. The minimum Gasteiger partial charge on any atom is -0.493 e. The second-order valence-corrected chi connectivity index (χ2v) is 10.5. The molecule has 0 saturated carbocycles. The molecule has 0 fully saturated rings. The smallest absolute Gasteiger partial charge is 0.326 e. The largest absolute Gasteiger partial charge is 0.493 e. The van der Waals surface area contributed by atoms with E-state index in [1.54, 1.807) is 38.2 Å². The molecule has 0 bridgehead atoms. The number of aromatic nitrogens is 2. The van der Waals surface area contributed by atoms with Crippen LogP contribution >= 0.6 is 22.9 Å². The van der Waals surface area contributed by atoms with Gasteiger partial charge in [0.15, 0.2) is 11.5 Å². The molecule has 2 aromatic heterocycles. The summed E-state index contributed by atoms with van der Waals surface area (Å²) in [5, 5.41) is 8.15. The molecule has 0 saturated heterocycles. The van der Waals surface area contributed by atoms with E-state index in [-0.39, 0.29) is 24.6 Å². The predicted molar refractivity (Wildman–Crippen MR) is 147 cm³/mol. The van der Waals surface area contributed by atoms with Crippen molar-refractivity contribution in [3.05, 3.63) is 70.1 Å². The molecular formula is C27H26ClN3O6S. The third kappa shape index (κ3) is 6.32. The van der Waals surface area contributed by atoms with Gasteiger partial charge in [0, 0.05) is 28.3 Å². The lowest BCUT2D eigenvalue weighted by Gasteiger charge is -2.25. The molecule has 0 aliphatic rings. The van der Waals surface area contributed by atoms with Gasteiger partial charge in [0.1, 0.15) is 23.5 Å². The summed E-state index contributed by atoms with van der Waals surface area (Å²) in [5.41, 5.74) is 0.247. The summed E-state index contributed by atoms with van der Waals surface area (Å²) in [6, 6.07) is 14.4. The average Bonchev–Trinajstić information content (AvgIpc) is 3.32. The zero-order chi connectivity index (χ0) is 27.4. The van der Waals surface area contributed by atoms with Crippen LogP contribution in [0.15, 0.2) is 59.5 Å². The normalized spacial score (nSPS) is 11.3. The van der Waals surface area contributed by atoms with Crippen LogP contribution in [-0.4, -0.2) is 47.5 Å². The second kappa shape index (κ2) is 11.2. The van der Waals surface area contributed by atoms with Gasteiger partial charge in [-0.25, -0.2) is 0 Å². The molecule has 2 heterocycles. The summed E-state index contributed by atoms with van der Waals surface area (Å²) in [5.74, 6) is -0.124. The lowest BCUT2D eigenvalue weighted by Crippen LogP contribution is -2.39. The number of esters is 1. The maximum atomic E-state index is 13.3. The fourth-order valence-electron chi connectivity index (χ4n) is 3.61. The Morgan fingerprint density at radius 2 is 1.84 bits per heavy atom. The van der Waals surface area contributed by atoms with Crippen molar-refractivity contribution in [1.82, 2.24) is 15.1 Å². The molecule has 0 spiro atoms. The molecule has 0 unspecified atom stereocenters. The number of carbonyl (C=O) groups is 2. The zero-order valence-corrected chi connectivity index (χ0v) is 22.8. The number of carbonyl (C=O) groups excluding carboxylic acids is 2. The van der Waals surface area contributed by atoms with E-state index in [0.717, 1.165) is 15.8 Å². The van der Waals surface area contributed by atoms with Gasteiger partial charge in [0.2, 0.25) is 5.91 Å². The molecule has 1 amide bonds. The van der Waals surface area contributed by atoms with E-state index < -0.39 is 11.6 Å². The van der Waals surface area contributed by atoms with Crippen molar-refractivity contribution in [1.29, 1.82) is 0 Å². The summed E-state index contributed by atoms with van der Waals surface area (Å²) in [4.78, 5) is 37.2. The SMILES string of the molecule is COc1cc(-n2ncc3cc(-c4ccc(Cl)cc4)sc3c2=O)ccc1OCC(C)(C)OC(=O)CNC(C)=O. The third-order valence-electron chi connectivity index (χ3n) is 5.43. The van der Waals surface area contributed by atoms with Crippen molar-refractivity contribution >= 4 is 44.9 Å². The molecule has 1 N–H and O–H groups in total. The number of nitrogens with zero attached hydrogens (tertiary/aromatic N) is 2. The fraction of sp³-hybridized carbons (Fsp3) is 0.259. The van der Waals surface area contributed by atoms with Crippen LogP contribution in [0, 0.1) is 0 Å². The highest BCUT2D eigenvalue weighted by molar-refractivity contribution is 7.22. The van der Waals surface area contributed by atoms with Crippen LogP contribution in [0.2, 0.25) is 5.02 Å². The monoisotopic (exact) mass is 555 g/mol. The van der Waals surface area contributed by atoms with Crippen LogP contribution in [0.3, 0.4) is 0 Å². The highest BCUT2D eigenvalue weighted by atomic mass is 35.5. The number of hydrogen-bond donors (Lipinski definition) is 1. The molecule has 0 aliphatic heterocycles. The molecule has 0 aliphatic carbocycles. The minimum atomic E-state index is -0.969. The van der Waals surface area contributed by atoms with Gasteiger partial charge in [0.05, 0.1) is 19.0 Å². The summed E-state index contributed by atoms with van der Waals surface area (Å²) in [6.45, 7) is 4.50. The lowest BCUT2D eigenvalue weighted by molar-refractivity contribution is -0.158. The van der Waals surface area contributed by atoms with Crippen LogP contribution in [0.4, 0.5) is 0 Å². The van der Waals surface area contributed by atoms with E-state index in [0.29, 0.717) is 26.9 Å². The number of benzene rings is 2. The first-order chi connectivity index (χ1) is 18.1.